The number of aliphatic hydroxyl groups is 2. The van der Waals surface area contributed by atoms with Crippen molar-refractivity contribution in [2.75, 3.05) is 20.2 Å². The van der Waals surface area contributed by atoms with Crippen molar-refractivity contribution in [2.45, 2.75) is 49.6 Å². The number of ether oxygens (including phenoxy) is 3. The van der Waals surface area contributed by atoms with E-state index in [9.17, 15) is 19.8 Å². The fraction of sp³-hybridized carbons (Fsp3) is 0.387. The van der Waals surface area contributed by atoms with Gasteiger partial charge in [0, 0.05) is 23.5 Å². The number of pyridine rings is 1. The maximum atomic E-state index is 13.9. The van der Waals surface area contributed by atoms with Gasteiger partial charge < -0.3 is 35.1 Å². The number of aromatic nitrogens is 1. The standard InChI is InChI=1S/C31H34BrN3O7/c1-29(2,3)42-28(38)35-15-14-34-27(37)23-24(18-8-6-5-7-9-18)31(19-10-12-20(32)13-11-19)30(39,26(23)36)25-21(40-4)16-33-17-22(25)41-31/h5-13,16-17,23-24,26,36,39H,14-15H2,1-4H3,(H,34,37)(H,35,38)/t23?,24?,26-,30?,31?/m1/s1. The van der Waals surface area contributed by atoms with Gasteiger partial charge in [-0.15, -0.1) is 0 Å². The van der Waals surface area contributed by atoms with Crippen LogP contribution in [0.5, 0.6) is 11.5 Å². The maximum Gasteiger partial charge on any atom is 0.407 e. The van der Waals surface area contributed by atoms with Crippen molar-refractivity contribution in [3.63, 3.8) is 0 Å². The van der Waals surface area contributed by atoms with E-state index in [0.717, 1.165) is 4.47 Å². The first-order valence-electron chi connectivity index (χ1n) is 13.6. The van der Waals surface area contributed by atoms with Crippen LogP contribution in [0, 0.1) is 5.92 Å². The Balaban J connectivity index is 1.58. The number of benzene rings is 2. The summed E-state index contributed by atoms with van der Waals surface area (Å²) in [5, 5.41) is 30.3. The smallest absolute Gasteiger partial charge is 0.407 e. The lowest BCUT2D eigenvalue weighted by molar-refractivity contribution is -0.154. The SMILES string of the molecule is COc1cncc2c1C1(O)[C@H](O)C(C(=O)NCCNC(=O)OC(C)(C)C)C(c3ccccc3)C1(c1ccc(Br)cc1)O2. The fourth-order valence-electron chi connectivity index (χ4n) is 6.17. The molecule has 42 heavy (non-hydrogen) atoms. The molecule has 1 saturated carbocycles. The number of carbonyl (C=O) groups is 2. The first kappa shape index (κ1) is 29.8. The van der Waals surface area contributed by atoms with Gasteiger partial charge in [0.1, 0.15) is 23.2 Å². The van der Waals surface area contributed by atoms with E-state index >= 15 is 0 Å². The number of nitrogens with zero attached hydrogens (tertiary/aromatic N) is 1. The molecule has 2 aliphatic rings. The van der Waals surface area contributed by atoms with Gasteiger partial charge in [0.25, 0.3) is 0 Å². The third-order valence-corrected chi connectivity index (χ3v) is 8.24. The Morgan fingerprint density at radius 3 is 2.36 bits per heavy atom. The highest BCUT2D eigenvalue weighted by molar-refractivity contribution is 9.10. The number of aliphatic hydroxyl groups excluding tert-OH is 1. The summed E-state index contributed by atoms with van der Waals surface area (Å²) in [5.41, 5.74) is -2.95. The monoisotopic (exact) mass is 639 g/mol. The van der Waals surface area contributed by atoms with Crippen LogP contribution in [0.25, 0.3) is 0 Å². The third-order valence-electron chi connectivity index (χ3n) is 7.71. The van der Waals surface area contributed by atoms with Crippen LogP contribution in [0.15, 0.2) is 71.5 Å². The van der Waals surface area contributed by atoms with Crippen LogP contribution in [0.3, 0.4) is 0 Å². The van der Waals surface area contributed by atoms with Gasteiger partial charge in [-0.2, -0.15) is 0 Å². The zero-order chi connectivity index (χ0) is 30.3. The molecule has 5 atom stereocenters. The number of hydrogen-bond acceptors (Lipinski definition) is 8. The summed E-state index contributed by atoms with van der Waals surface area (Å²) in [7, 11) is 1.44. The number of alkyl carbamates (subject to hydrolysis) is 1. The molecule has 2 aromatic carbocycles. The molecule has 5 rings (SSSR count). The lowest BCUT2D eigenvalue weighted by Gasteiger charge is -2.40. The van der Waals surface area contributed by atoms with E-state index in [-0.39, 0.29) is 30.2 Å². The van der Waals surface area contributed by atoms with Gasteiger partial charge in [0.15, 0.2) is 11.2 Å². The number of hydrogen-bond donors (Lipinski definition) is 4. The van der Waals surface area contributed by atoms with Crippen LogP contribution in [0.4, 0.5) is 4.79 Å². The number of methoxy groups -OCH3 is 1. The van der Waals surface area contributed by atoms with Crippen molar-refractivity contribution in [1.29, 1.82) is 0 Å². The highest BCUT2D eigenvalue weighted by Crippen LogP contribution is 2.69. The molecule has 0 saturated heterocycles. The summed E-state index contributed by atoms with van der Waals surface area (Å²) in [6.45, 7) is 5.44. The van der Waals surface area contributed by atoms with Gasteiger partial charge in [0.2, 0.25) is 5.91 Å². The molecule has 0 spiro atoms. The van der Waals surface area contributed by atoms with Gasteiger partial charge in [0.05, 0.1) is 31.0 Å². The van der Waals surface area contributed by atoms with Gasteiger partial charge in [-0.1, -0.05) is 58.4 Å². The number of nitrogens with one attached hydrogen (secondary N) is 2. The number of amides is 2. The first-order chi connectivity index (χ1) is 19.9. The normalized spacial score (nSPS) is 26.0. The van der Waals surface area contributed by atoms with Gasteiger partial charge in [-0.3, -0.25) is 9.78 Å². The largest absolute Gasteiger partial charge is 0.495 e. The topological polar surface area (TPSA) is 139 Å². The van der Waals surface area contributed by atoms with Gasteiger partial charge in [-0.25, -0.2) is 4.79 Å². The molecule has 2 heterocycles. The molecular formula is C31H34BrN3O7. The average molecular weight is 641 g/mol. The predicted molar refractivity (Wildman–Crippen MR) is 157 cm³/mol. The average Bonchev–Trinajstić information content (AvgIpc) is 3.33. The second-order valence-electron chi connectivity index (χ2n) is 11.4. The maximum absolute atomic E-state index is 13.9. The lowest BCUT2D eigenvalue weighted by Crippen LogP contribution is -2.52. The molecular weight excluding hydrogens is 606 g/mol. The third kappa shape index (κ3) is 4.89. The summed E-state index contributed by atoms with van der Waals surface area (Å²) < 4.78 is 18.3. The molecule has 1 fully saturated rings. The van der Waals surface area contributed by atoms with Crippen molar-refractivity contribution < 1.29 is 34.0 Å². The van der Waals surface area contributed by atoms with E-state index in [1.54, 1.807) is 32.9 Å². The highest BCUT2D eigenvalue weighted by Gasteiger charge is 2.78. The summed E-state index contributed by atoms with van der Waals surface area (Å²) in [6.07, 6.45) is 0.685. The van der Waals surface area contributed by atoms with Gasteiger partial charge >= 0.3 is 6.09 Å². The van der Waals surface area contributed by atoms with Crippen molar-refractivity contribution in [3.8, 4) is 11.5 Å². The van der Waals surface area contributed by atoms with Crippen LogP contribution >= 0.6 is 15.9 Å². The number of halogens is 1. The molecule has 0 bridgehead atoms. The highest BCUT2D eigenvalue weighted by atomic mass is 79.9. The molecule has 10 nitrogen and oxygen atoms in total. The second kappa shape index (κ2) is 11.2. The number of fused-ring (bicyclic) bond motifs is 3. The first-order valence-corrected chi connectivity index (χ1v) is 14.4. The Kier molecular flexibility index (Phi) is 7.95. The minimum atomic E-state index is -2.11. The lowest BCUT2D eigenvalue weighted by atomic mass is 9.70. The molecule has 222 valence electrons. The molecule has 3 aromatic rings. The Labute approximate surface area is 252 Å². The van der Waals surface area contributed by atoms with E-state index in [0.29, 0.717) is 11.1 Å². The number of carbonyl (C=O) groups excluding carboxylic acids is 2. The van der Waals surface area contributed by atoms with Crippen LogP contribution in [0.1, 0.15) is 43.4 Å². The van der Waals surface area contributed by atoms with E-state index in [2.05, 4.69) is 31.5 Å². The molecule has 1 aliphatic heterocycles. The van der Waals surface area contributed by atoms with Crippen molar-refractivity contribution in [2.24, 2.45) is 5.92 Å². The predicted octanol–water partition coefficient (Wildman–Crippen LogP) is 3.74. The molecule has 0 radical (unpaired) electrons. The summed E-state index contributed by atoms with van der Waals surface area (Å²) in [4.78, 5) is 30.2. The Morgan fingerprint density at radius 1 is 1.05 bits per heavy atom. The van der Waals surface area contributed by atoms with Crippen LogP contribution in [0.2, 0.25) is 0 Å². The van der Waals surface area contributed by atoms with E-state index in [1.165, 1.54) is 19.5 Å². The Morgan fingerprint density at radius 2 is 1.71 bits per heavy atom. The molecule has 1 aliphatic carbocycles. The zero-order valence-corrected chi connectivity index (χ0v) is 25.3. The summed E-state index contributed by atoms with van der Waals surface area (Å²) in [6, 6.07) is 16.4. The molecule has 11 heteroatoms. The van der Waals surface area contributed by atoms with Crippen LogP contribution in [-0.2, 0) is 20.7 Å². The van der Waals surface area contributed by atoms with E-state index in [4.69, 9.17) is 14.2 Å². The summed E-state index contributed by atoms with van der Waals surface area (Å²) >= 11 is 3.47. The molecule has 2 amide bonds. The zero-order valence-electron chi connectivity index (χ0n) is 23.8. The number of rotatable bonds is 7. The van der Waals surface area contributed by atoms with Crippen molar-refractivity contribution in [1.82, 2.24) is 15.6 Å². The van der Waals surface area contributed by atoms with Crippen molar-refractivity contribution >= 4 is 27.9 Å². The molecule has 4 N–H and O–H groups in total. The minimum Gasteiger partial charge on any atom is -0.495 e. The van der Waals surface area contributed by atoms with Crippen LogP contribution in [-0.4, -0.2) is 59.1 Å². The van der Waals surface area contributed by atoms with Gasteiger partial charge in [-0.05, 0) is 44.0 Å². The quantitative estimate of drug-likeness (QED) is 0.287. The Bertz CT molecular complexity index is 1460. The van der Waals surface area contributed by atoms with E-state index < -0.39 is 46.7 Å². The van der Waals surface area contributed by atoms with E-state index in [1.807, 2.05) is 42.5 Å². The molecule has 1 aromatic heterocycles. The fourth-order valence-corrected chi connectivity index (χ4v) is 6.43. The molecule has 4 unspecified atom stereocenters. The second-order valence-corrected chi connectivity index (χ2v) is 12.3. The summed E-state index contributed by atoms with van der Waals surface area (Å²) in [5.74, 6) is -2.05. The Hall–Kier alpha value is -3.67. The van der Waals surface area contributed by atoms with Crippen molar-refractivity contribution in [3.05, 3.63) is 88.2 Å². The van der Waals surface area contributed by atoms with Crippen LogP contribution < -0.4 is 20.1 Å². The minimum absolute atomic E-state index is 0.0667.